The number of hydrogen-bond acceptors (Lipinski definition) is 1. The molecule has 1 aromatic carbocycles. The highest BCUT2D eigenvalue weighted by Crippen LogP contribution is 2.15. The highest BCUT2D eigenvalue weighted by atomic mass is 16.1. The zero-order chi connectivity index (χ0) is 11.3. The molecule has 0 aliphatic carbocycles. The third kappa shape index (κ3) is 3.86. The van der Waals surface area contributed by atoms with Crippen LogP contribution in [0.3, 0.4) is 0 Å². The van der Waals surface area contributed by atoms with Crippen LogP contribution in [-0.2, 0) is 11.2 Å². The Kier molecular flexibility index (Phi) is 4.54. The van der Waals surface area contributed by atoms with Crippen LogP contribution in [0.4, 0.5) is 0 Å². The predicted molar refractivity (Wildman–Crippen MR) is 64.2 cm³/mol. The number of hydrogen-bond donors (Lipinski definition) is 0. The Labute approximate surface area is 92.5 Å². The molecule has 0 N–H and O–H groups in total. The molecule has 1 aromatic rings. The van der Waals surface area contributed by atoms with Gasteiger partial charge in [0.05, 0.1) is 0 Å². The van der Waals surface area contributed by atoms with Crippen LogP contribution in [0.1, 0.15) is 50.7 Å². The van der Waals surface area contributed by atoms with Crippen LogP contribution in [0.5, 0.6) is 0 Å². The lowest BCUT2D eigenvalue weighted by molar-refractivity contribution is -0.118. The summed E-state index contributed by atoms with van der Waals surface area (Å²) in [5.74, 6) is 0.930. The largest absolute Gasteiger partial charge is 0.300 e. The molecule has 0 amide bonds. The predicted octanol–water partition coefficient (Wildman–Crippen LogP) is 3.72. The normalized spacial score (nSPS) is 10.7. The van der Waals surface area contributed by atoms with Crippen LogP contribution in [0.15, 0.2) is 24.3 Å². The van der Waals surface area contributed by atoms with Crippen LogP contribution in [0.25, 0.3) is 0 Å². The van der Waals surface area contributed by atoms with Crippen molar-refractivity contribution < 1.29 is 4.79 Å². The fourth-order valence-corrected chi connectivity index (χ4v) is 1.53. The summed E-state index contributed by atoms with van der Waals surface area (Å²) in [5.41, 5.74) is 2.63. The van der Waals surface area contributed by atoms with Crippen molar-refractivity contribution >= 4 is 5.78 Å². The lowest BCUT2D eigenvalue weighted by Crippen LogP contribution is -1.98. The van der Waals surface area contributed by atoms with Crippen molar-refractivity contribution in [2.24, 2.45) is 0 Å². The van der Waals surface area contributed by atoms with Crippen LogP contribution in [-0.4, -0.2) is 5.78 Å². The van der Waals surface area contributed by atoms with Gasteiger partial charge in [0.15, 0.2) is 0 Å². The van der Waals surface area contributed by atoms with Gasteiger partial charge in [0, 0.05) is 12.8 Å². The van der Waals surface area contributed by atoms with E-state index < -0.39 is 0 Å². The first-order valence-electron chi connectivity index (χ1n) is 5.74. The monoisotopic (exact) mass is 204 g/mol. The molecule has 0 spiro atoms. The highest BCUT2D eigenvalue weighted by molar-refractivity contribution is 5.78. The SMILES string of the molecule is CCC(=O)CCc1ccc(C(C)C)cc1. The Hall–Kier alpha value is -1.11. The van der Waals surface area contributed by atoms with Gasteiger partial charge in [0.2, 0.25) is 0 Å². The second-order valence-electron chi connectivity index (χ2n) is 4.29. The molecule has 0 aliphatic heterocycles. The summed E-state index contributed by atoms with van der Waals surface area (Å²) in [4.78, 5) is 11.2. The molecule has 0 saturated heterocycles. The summed E-state index contributed by atoms with van der Waals surface area (Å²) in [5, 5.41) is 0. The van der Waals surface area contributed by atoms with E-state index in [1.165, 1.54) is 11.1 Å². The zero-order valence-corrected chi connectivity index (χ0v) is 9.92. The van der Waals surface area contributed by atoms with Crippen molar-refractivity contribution in [1.82, 2.24) is 0 Å². The van der Waals surface area contributed by atoms with E-state index >= 15 is 0 Å². The fraction of sp³-hybridized carbons (Fsp3) is 0.500. The molecule has 1 rings (SSSR count). The van der Waals surface area contributed by atoms with Gasteiger partial charge < -0.3 is 0 Å². The van der Waals surface area contributed by atoms with Crippen molar-refractivity contribution in [3.05, 3.63) is 35.4 Å². The van der Waals surface area contributed by atoms with Crippen molar-refractivity contribution in [2.45, 2.75) is 46.0 Å². The number of ketones is 1. The van der Waals surface area contributed by atoms with Crippen LogP contribution >= 0.6 is 0 Å². The van der Waals surface area contributed by atoms with Crippen molar-refractivity contribution in [3.63, 3.8) is 0 Å². The average molecular weight is 204 g/mol. The van der Waals surface area contributed by atoms with Crippen LogP contribution in [0, 0.1) is 0 Å². The highest BCUT2D eigenvalue weighted by Gasteiger charge is 2.01. The van der Waals surface area contributed by atoms with Gasteiger partial charge in [-0.1, -0.05) is 45.0 Å². The standard InChI is InChI=1S/C14H20O/c1-4-14(15)10-7-12-5-8-13(9-6-12)11(2)3/h5-6,8-9,11H,4,7,10H2,1-3H3. The molecule has 0 radical (unpaired) electrons. The summed E-state index contributed by atoms with van der Waals surface area (Å²) in [7, 11) is 0. The Balaban J connectivity index is 2.53. The topological polar surface area (TPSA) is 17.1 Å². The first-order chi connectivity index (χ1) is 7.13. The third-order valence-corrected chi connectivity index (χ3v) is 2.73. The van der Waals surface area contributed by atoms with Gasteiger partial charge in [-0.3, -0.25) is 4.79 Å². The number of aryl methyl sites for hydroxylation is 1. The lowest BCUT2D eigenvalue weighted by atomic mass is 9.99. The minimum absolute atomic E-state index is 0.350. The van der Waals surface area contributed by atoms with Gasteiger partial charge in [0.1, 0.15) is 5.78 Å². The number of benzene rings is 1. The van der Waals surface area contributed by atoms with Crippen molar-refractivity contribution in [1.29, 1.82) is 0 Å². The lowest BCUT2D eigenvalue weighted by Gasteiger charge is -2.06. The molecule has 82 valence electrons. The van der Waals surface area contributed by atoms with E-state index in [0.717, 1.165) is 6.42 Å². The maximum absolute atomic E-state index is 11.2. The van der Waals surface area contributed by atoms with Gasteiger partial charge in [-0.15, -0.1) is 0 Å². The maximum Gasteiger partial charge on any atom is 0.132 e. The second-order valence-corrected chi connectivity index (χ2v) is 4.29. The van der Waals surface area contributed by atoms with Gasteiger partial charge in [-0.25, -0.2) is 0 Å². The Morgan fingerprint density at radius 1 is 1.20 bits per heavy atom. The average Bonchev–Trinajstić information content (AvgIpc) is 2.26. The molecule has 0 fully saturated rings. The summed E-state index contributed by atoms with van der Waals surface area (Å²) in [6.07, 6.45) is 2.21. The molecule has 1 heteroatoms. The number of Topliss-reactive ketones (excluding diaryl/α,β-unsaturated/α-hetero) is 1. The van der Waals surface area contributed by atoms with Crippen LogP contribution in [0.2, 0.25) is 0 Å². The van der Waals surface area contributed by atoms with Crippen molar-refractivity contribution in [3.8, 4) is 0 Å². The molecule has 0 aromatic heterocycles. The van der Waals surface area contributed by atoms with Gasteiger partial charge in [0.25, 0.3) is 0 Å². The van der Waals surface area contributed by atoms with E-state index in [1.807, 2.05) is 6.92 Å². The van der Waals surface area contributed by atoms with E-state index in [-0.39, 0.29) is 0 Å². The Morgan fingerprint density at radius 3 is 2.27 bits per heavy atom. The summed E-state index contributed by atoms with van der Waals surface area (Å²) < 4.78 is 0. The first kappa shape index (κ1) is 12.0. The molecule has 0 bridgehead atoms. The van der Waals surface area contributed by atoms with E-state index in [2.05, 4.69) is 38.1 Å². The van der Waals surface area contributed by atoms with Gasteiger partial charge in [-0.2, -0.15) is 0 Å². The molecule has 15 heavy (non-hydrogen) atoms. The molecule has 0 atom stereocenters. The van der Waals surface area contributed by atoms with E-state index in [4.69, 9.17) is 0 Å². The zero-order valence-electron chi connectivity index (χ0n) is 9.92. The van der Waals surface area contributed by atoms with Gasteiger partial charge in [-0.05, 0) is 23.5 Å². The molecule has 0 unspecified atom stereocenters. The number of carbonyl (C=O) groups excluding carboxylic acids is 1. The van der Waals surface area contributed by atoms with Crippen molar-refractivity contribution in [2.75, 3.05) is 0 Å². The summed E-state index contributed by atoms with van der Waals surface area (Å²) >= 11 is 0. The van der Waals surface area contributed by atoms with Crippen LogP contribution < -0.4 is 0 Å². The molecule has 0 aliphatic rings. The number of rotatable bonds is 5. The molecule has 0 saturated carbocycles. The fourth-order valence-electron chi connectivity index (χ4n) is 1.53. The second kappa shape index (κ2) is 5.69. The molecule has 1 nitrogen and oxygen atoms in total. The minimum atomic E-state index is 0.350. The molecular formula is C14H20O. The number of carbonyl (C=O) groups is 1. The molecular weight excluding hydrogens is 184 g/mol. The quantitative estimate of drug-likeness (QED) is 0.714. The first-order valence-corrected chi connectivity index (χ1v) is 5.74. The maximum atomic E-state index is 11.2. The third-order valence-electron chi connectivity index (χ3n) is 2.73. The Bertz CT molecular complexity index is 309. The summed E-state index contributed by atoms with van der Waals surface area (Å²) in [6.45, 7) is 6.30. The van der Waals surface area contributed by atoms with E-state index in [1.54, 1.807) is 0 Å². The van der Waals surface area contributed by atoms with Gasteiger partial charge >= 0.3 is 0 Å². The van der Waals surface area contributed by atoms with E-state index in [0.29, 0.717) is 24.5 Å². The molecule has 0 heterocycles. The minimum Gasteiger partial charge on any atom is -0.300 e. The smallest absolute Gasteiger partial charge is 0.132 e. The summed E-state index contributed by atoms with van der Waals surface area (Å²) in [6, 6.07) is 8.60. The Morgan fingerprint density at radius 2 is 1.80 bits per heavy atom. The van der Waals surface area contributed by atoms with E-state index in [9.17, 15) is 4.79 Å².